The molecule has 0 radical (unpaired) electrons. The molecule has 0 aromatic heterocycles. The summed E-state index contributed by atoms with van der Waals surface area (Å²) >= 11 is 0. The van der Waals surface area contributed by atoms with Crippen molar-refractivity contribution in [1.29, 1.82) is 0 Å². The van der Waals surface area contributed by atoms with Crippen LogP contribution < -0.4 is 5.32 Å². The highest BCUT2D eigenvalue weighted by molar-refractivity contribution is 5.60. The Morgan fingerprint density at radius 3 is 1.46 bits per heavy atom. The summed E-state index contributed by atoms with van der Waals surface area (Å²) in [7, 11) is 0. The first-order valence-corrected chi connectivity index (χ1v) is 9.86. The van der Waals surface area contributed by atoms with Crippen LogP contribution in [0.5, 0.6) is 0 Å². The van der Waals surface area contributed by atoms with Gasteiger partial charge in [0.05, 0.1) is 0 Å². The molecule has 28 heavy (non-hydrogen) atoms. The maximum atomic E-state index is 3.92. The molecule has 0 bridgehead atoms. The van der Waals surface area contributed by atoms with Gasteiger partial charge in [0, 0.05) is 5.69 Å². The van der Waals surface area contributed by atoms with Gasteiger partial charge in [0.1, 0.15) is 5.54 Å². The van der Waals surface area contributed by atoms with Crippen LogP contribution in [-0.2, 0) is 12.0 Å². The smallest absolute Gasteiger partial charge is 0.114 e. The number of rotatable bonds is 6. The van der Waals surface area contributed by atoms with Gasteiger partial charge in [-0.1, -0.05) is 110 Å². The van der Waals surface area contributed by atoms with Crippen LogP contribution in [-0.4, -0.2) is 0 Å². The Hall–Kier alpha value is -3.32. The van der Waals surface area contributed by atoms with Crippen molar-refractivity contribution < 1.29 is 0 Å². The number of hydrogen-bond donors (Lipinski definition) is 1. The van der Waals surface area contributed by atoms with Crippen molar-refractivity contribution in [3.05, 3.63) is 138 Å². The van der Waals surface area contributed by atoms with E-state index in [4.69, 9.17) is 0 Å². The Labute approximate surface area is 167 Å². The highest BCUT2D eigenvalue weighted by Crippen LogP contribution is 2.40. The lowest BCUT2D eigenvalue weighted by molar-refractivity contribution is 0.711. The van der Waals surface area contributed by atoms with Crippen LogP contribution in [0.1, 0.15) is 29.2 Å². The van der Waals surface area contributed by atoms with Crippen LogP contribution in [0.25, 0.3) is 0 Å². The summed E-state index contributed by atoms with van der Waals surface area (Å²) in [5.41, 5.74) is 5.62. The molecule has 0 fully saturated rings. The van der Waals surface area contributed by atoms with Gasteiger partial charge in [-0.3, -0.25) is 0 Å². The van der Waals surface area contributed by atoms with Crippen molar-refractivity contribution >= 4 is 5.69 Å². The second kappa shape index (κ2) is 8.14. The quantitative estimate of drug-likeness (QED) is 0.378. The summed E-state index contributed by atoms with van der Waals surface area (Å²) in [6.45, 7) is 2.19. The molecule has 0 unspecified atom stereocenters. The number of anilines is 1. The molecule has 4 aromatic rings. The molecule has 1 N–H and O–H groups in total. The van der Waals surface area contributed by atoms with E-state index in [1.54, 1.807) is 0 Å². The molecule has 0 spiro atoms. The topological polar surface area (TPSA) is 12.0 Å². The average molecular weight is 364 g/mol. The number of nitrogens with one attached hydrogen (secondary N) is 1. The summed E-state index contributed by atoms with van der Waals surface area (Å²) < 4.78 is 0. The fourth-order valence-electron chi connectivity index (χ4n) is 3.87. The van der Waals surface area contributed by atoms with E-state index < -0.39 is 5.54 Å². The molecule has 0 heterocycles. The van der Waals surface area contributed by atoms with Gasteiger partial charge >= 0.3 is 0 Å². The van der Waals surface area contributed by atoms with Crippen LogP contribution >= 0.6 is 0 Å². The first-order chi connectivity index (χ1) is 13.8. The van der Waals surface area contributed by atoms with Crippen LogP contribution in [0.3, 0.4) is 0 Å². The molecule has 0 aliphatic rings. The molecule has 0 saturated carbocycles. The van der Waals surface area contributed by atoms with Crippen molar-refractivity contribution in [2.75, 3.05) is 5.32 Å². The lowest BCUT2D eigenvalue weighted by Gasteiger charge is -2.38. The third kappa shape index (κ3) is 3.44. The van der Waals surface area contributed by atoms with E-state index in [1.807, 2.05) is 0 Å². The van der Waals surface area contributed by atoms with Crippen LogP contribution in [0, 0.1) is 0 Å². The molecule has 138 valence electrons. The van der Waals surface area contributed by atoms with Crippen LogP contribution in [0.15, 0.2) is 115 Å². The van der Waals surface area contributed by atoms with Gasteiger partial charge in [-0.2, -0.15) is 0 Å². The van der Waals surface area contributed by atoms with E-state index >= 15 is 0 Å². The van der Waals surface area contributed by atoms with E-state index in [2.05, 4.69) is 128 Å². The molecular weight excluding hydrogens is 338 g/mol. The second-order valence-corrected chi connectivity index (χ2v) is 7.03. The van der Waals surface area contributed by atoms with Crippen molar-refractivity contribution in [2.45, 2.75) is 18.9 Å². The maximum Gasteiger partial charge on any atom is 0.114 e. The highest BCUT2D eigenvalue weighted by Gasteiger charge is 2.36. The molecule has 0 aliphatic carbocycles. The zero-order valence-electron chi connectivity index (χ0n) is 16.2. The minimum absolute atomic E-state index is 0.476. The molecule has 0 amide bonds. The third-order valence-corrected chi connectivity index (χ3v) is 5.29. The fourth-order valence-corrected chi connectivity index (χ4v) is 3.87. The predicted octanol–water partition coefficient (Wildman–Crippen LogP) is 6.65. The lowest BCUT2D eigenvalue weighted by atomic mass is 9.76. The van der Waals surface area contributed by atoms with E-state index in [0.717, 1.165) is 12.1 Å². The average Bonchev–Trinajstić information content (AvgIpc) is 2.79. The van der Waals surface area contributed by atoms with Crippen LogP contribution in [0.2, 0.25) is 0 Å². The zero-order valence-corrected chi connectivity index (χ0v) is 16.2. The molecule has 4 rings (SSSR count). The number of benzene rings is 4. The van der Waals surface area contributed by atoms with Crippen molar-refractivity contribution in [1.82, 2.24) is 0 Å². The molecule has 1 heteroatoms. The number of hydrogen-bond acceptors (Lipinski definition) is 1. The van der Waals surface area contributed by atoms with Crippen molar-refractivity contribution in [2.24, 2.45) is 0 Å². The van der Waals surface area contributed by atoms with E-state index in [-0.39, 0.29) is 0 Å². The Morgan fingerprint density at radius 2 is 1.04 bits per heavy atom. The summed E-state index contributed by atoms with van der Waals surface area (Å²) in [5, 5.41) is 3.92. The van der Waals surface area contributed by atoms with E-state index in [1.165, 1.54) is 22.3 Å². The van der Waals surface area contributed by atoms with Gasteiger partial charge in [0.25, 0.3) is 0 Å². The van der Waals surface area contributed by atoms with Crippen LogP contribution in [0.4, 0.5) is 5.69 Å². The molecule has 0 saturated heterocycles. The molecule has 1 nitrogen and oxygen atoms in total. The normalized spacial score (nSPS) is 11.2. The SMILES string of the molecule is CCc1cccc(NC(c2ccccc2)(c2ccccc2)c2ccccc2)c1. The number of aryl methyl sites for hydroxylation is 1. The Balaban J connectivity index is 1.98. The van der Waals surface area contributed by atoms with Gasteiger partial charge in [-0.15, -0.1) is 0 Å². The molecule has 0 atom stereocenters. The summed E-state index contributed by atoms with van der Waals surface area (Å²) in [5.74, 6) is 0. The molecule has 0 aliphatic heterocycles. The Kier molecular flexibility index (Phi) is 5.25. The second-order valence-electron chi connectivity index (χ2n) is 7.03. The van der Waals surface area contributed by atoms with Crippen molar-refractivity contribution in [3.63, 3.8) is 0 Å². The maximum absolute atomic E-state index is 3.92. The molecule has 4 aromatic carbocycles. The zero-order chi connectivity index (χ0) is 19.2. The van der Waals surface area contributed by atoms with Gasteiger partial charge in [-0.05, 0) is 40.8 Å². The summed E-state index contributed by atoms with van der Waals surface area (Å²) in [4.78, 5) is 0. The third-order valence-electron chi connectivity index (χ3n) is 5.29. The first kappa shape index (κ1) is 18.1. The summed E-state index contributed by atoms with van der Waals surface area (Å²) in [6, 6.07) is 40.8. The largest absolute Gasteiger partial charge is 0.368 e. The van der Waals surface area contributed by atoms with Gasteiger partial charge in [-0.25, -0.2) is 0 Å². The van der Waals surface area contributed by atoms with Crippen molar-refractivity contribution in [3.8, 4) is 0 Å². The monoisotopic (exact) mass is 363 g/mol. The molecular formula is C27H25N. The minimum Gasteiger partial charge on any atom is -0.368 e. The van der Waals surface area contributed by atoms with E-state index in [0.29, 0.717) is 0 Å². The van der Waals surface area contributed by atoms with Gasteiger partial charge < -0.3 is 5.32 Å². The fraction of sp³-hybridized carbons (Fsp3) is 0.111. The Bertz CT molecular complexity index is 911. The summed E-state index contributed by atoms with van der Waals surface area (Å²) in [6.07, 6.45) is 1.02. The lowest BCUT2D eigenvalue weighted by Crippen LogP contribution is -2.38. The standard InChI is InChI=1S/C27H25N/c1-2-22-13-12-20-26(21-22)28-27(23-14-6-3-7-15-23,24-16-8-4-9-17-24)25-18-10-5-11-19-25/h3-21,28H,2H2,1H3. The predicted molar refractivity (Wildman–Crippen MR) is 119 cm³/mol. The van der Waals surface area contributed by atoms with E-state index in [9.17, 15) is 0 Å². The first-order valence-electron chi connectivity index (χ1n) is 9.86. The van der Waals surface area contributed by atoms with Gasteiger partial charge in [0.15, 0.2) is 0 Å². The highest BCUT2D eigenvalue weighted by atomic mass is 15.0. The Morgan fingerprint density at radius 1 is 0.571 bits per heavy atom. The minimum atomic E-state index is -0.476. The van der Waals surface area contributed by atoms with Gasteiger partial charge in [0.2, 0.25) is 0 Å².